The smallest absolute Gasteiger partial charge is 0.406 e. The summed E-state index contributed by atoms with van der Waals surface area (Å²) in [6.45, 7) is 4.46. The van der Waals surface area contributed by atoms with E-state index in [0.29, 0.717) is 28.9 Å². The topological polar surface area (TPSA) is 84.6 Å². The number of hydrogen-bond acceptors (Lipinski definition) is 6. The van der Waals surface area contributed by atoms with E-state index in [2.05, 4.69) is 25.1 Å². The first-order chi connectivity index (χ1) is 21.5. The summed E-state index contributed by atoms with van der Waals surface area (Å²) in [7, 11) is 0. The van der Waals surface area contributed by atoms with Crippen LogP contribution in [0.3, 0.4) is 0 Å². The van der Waals surface area contributed by atoms with E-state index in [0.717, 1.165) is 29.5 Å². The Morgan fingerprint density at radius 1 is 1.11 bits per heavy atom. The maximum absolute atomic E-state index is 13.9. The van der Waals surface area contributed by atoms with Gasteiger partial charge in [0.05, 0.1) is 17.1 Å². The van der Waals surface area contributed by atoms with Crippen LogP contribution in [-0.4, -0.2) is 49.6 Å². The van der Waals surface area contributed by atoms with Crippen LogP contribution in [-0.2, 0) is 11.2 Å². The first-order valence-corrected chi connectivity index (χ1v) is 15.3. The Balaban J connectivity index is 1.13. The molecule has 5 rings (SSSR count). The van der Waals surface area contributed by atoms with Crippen molar-refractivity contribution in [3.05, 3.63) is 90.0 Å². The number of benzene rings is 3. The van der Waals surface area contributed by atoms with Crippen molar-refractivity contribution in [1.29, 1.82) is 0 Å². The first kappa shape index (κ1) is 32.1. The molecule has 0 spiro atoms. The molecule has 8 nitrogen and oxygen atoms in total. The van der Waals surface area contributed by atoms with Crippen LogP contribution in [0.1, 0.15) is 37.3 Å². The predicted octanol–water partition coefficient (Wildman–Crippen LogP) is 7.04. The second kappa shape index (κ2) is 13.8. The van der Waals surface area contributed by atoms with Gasteiger partial charge in [-0.3, -0.25) is 9.69 Å². The summed E-state index contributed by atoms with van der Waals surface area (Å²) in [5.74, 6) is -0.0819. The number of nitrogens with one attached hydrogen (secondary N) is 1. The van der Waals surface area contributed by atoms with Crippen LogP contribution < -0.4 is 15.0 Å². The zero-order chi connectivity index (χ0) is 32.1. The number of carbonyl (C=O) groups excluding carboxylic acids is 1. The Kier molecular flexibility index (Phi) is 9.83. The Morgan fingerprint density at radius 2 is 1.84 bits per heavy atom. The summed E-state index contributed by atoms with van der Waals surface area (Å²) >= 11 is 6.72. The van der Waals surface area contributed by atoms with Gasteiger partial charge in [-0.15, -0.1) is 18.3 Å². The van der Waals surface area contributed by atoms with Gasteiger partial charge >= 0.3 is 6.36 Å². The molecule has 1 aliphatic rings. The number of halogens is 4. The zero-order valence-corrected chi connectivity index (χ0v) is 25.8. The highest BCUT2D eigenvalue weighted by atomic mass is 32.2. The Labute approximate surface area is 266 Å². The summed E-state index contributed by atoms with van der Waals surface area (Å²) in [5.41, 5.74) is 3.76. The van der Waals surface area contributed by atoms with E-state index in [-0.39, 0.29) is 34.3 Å². The number of anilines is 1. The van der Waals surface area contributed by atoms with E-state index >= 15 is 0 Å². The SMILES string of the molecule is CC(C)c1cc(F)ccc1N1C(=O)CS/C1=N\C(=S)NCCCc1ccc(-c2ncn(-c3ccc(OC(F)(F)F)cc3)n2)cc1. The standard InChI is InChI=1S/C31H28F4N6O2S2/c1-19(2)25-16-22(32)9-14-26(25)41-27(42)17-45-30(41)38-29(44)36-15-3-4-20-5-7-21(8-6-20)28-37-18-40(39-28)23-10-12-24(13-11-23)43-31(33,34)35/h5-14,16,18-19H,3-4,15,17H2,1-2H3,(H,36,44)/b38-30-. The molecular formula is C31H28F4N6O2S2. The van der Waals surface area contributed by atoms with Crippen LogP contribution in [0.5, 0.6) is 5.75 Å². The number of hydrogen-bond donors (Lipinski definition) is 1. The molecule has 234 valence electrons. The average molecular weight is 657 g/mol. The molecular weight excluding hydrogens is 629 g/mol. The van der Waals surface area contributed by atoms with Gasteiger partial charge in [-0.25, -0.2) is 14.1 Å². The summed E-state index contributed by atoms with van der Waals surface area (Å²) in [6.07, 6.45) is -1.72. The number of aliphatic imine (C=N–C) groups is 1. The Hall–Kier alpha value is -4.30. The van der Waals surface area contributed by atoms with Crippen LogP contribution in [0.2, 0.25) is 0 Å². The van der Waals surface area contributed by atoms with E-state index < -0.39 is 6.36 Å². The summed E-state index contributed by atoms with van der Waals surface area (Å²) in [5, 5.41) is 8.29. The first-order valence-electron chi connectivity index (χ1n) is 14.0. The Bertz CT molecular complexity index is 1710. The van der Waals surface area contributed by atoms with E-state index in [4.69, 9.17) is 12.2 Å². The molecule has 0 radical (unpaired) electrons. The molecule has 0 unspecified atom stereocenters. The number of aromatic nitrogens is 3. The maximum atomic E-state index is 13.9. The number of rotatable bonds is 9. The van der Waals surface area contributed by atoms with E-state index in [9.17, 15) is 22.4 Å². The summed E-state index contributed by atoms with van der Waals surface area (Å²) in [6, 6.07) is 17.5. The van der Waals surface area contributed by atoms with Gasteiger partial charge in [-0.2, -0.15) is 4.99 Å². The lowest BCUT2D eigenvalue weighted by molar-refractivity contribution is -0.274. The van der Waals surface area contributed by atoms with Gasteiger partial charge in [0.15, 0.2) is 16.1 Å². The normalized spacial score (nSPS) is 14.4. The molecule has 1 saturated heterocycles. The van der Waals surface area contributed by atoms with Crippen molar-refractivity contribution >= 4 is 45.9 Å². The number of carbonyl (C=O) groups is 1. The van der Waals surface area contributed by atoms with Crippen molar-refractivity contribution in [2.75, 3.05) is 17.2 Å². The third-order valence-corrected chi connectivity index (χ3v) is 7.93. The number of thioether (sulfide) groups is 1. The second-order valence-corrected chi connectivity index (χ2v) is 11.7. The number of ether oxygens (including phenoxy) is 1. The molecule has 1 aromatic heterocycles. The molecule has 45 heavy (non-hydrogen) atoms. The average Bonchev–Trinajstić information content (AvgIpc) is 3.62. The lowest BCUT2D eigenvalue weighted by atomic mass is 10.0. The zero-order valence-electron chi connectivity index (χ0n) is 24.2. The van der Waals surface area contributed by atoms with Gasteiger partial charge in [0.1, 0.15) is 17.9 Å². The molecule has 4 aromatic rings. The molecule has 1 amide bonds. The quantitative estimate of drug-likeness (QED) is 0.118. The fraction of sp³-hybridized carbons (Fsp3) is 0.258. The minimum absolute atomic E-state index is 0.0132. The number of amidine groups is 1. The van der Waals surface area contributed by atoms with Crippen LogP contribution in [0.15, 0.2) is 78.0 Å². The van der Waals surface area contributed by atoms with Gasteiger partial charge in [0.25, 0.3) is 0 Å². The van der Waals surface area contributed by atoms with E-state index in [1.165, 1.54) is 64.1 Å². The van der Waals surface area contributed by atoms with Crippen molar-refractivity contribution in [2.24, 2.45) is 4.99 Å². The molecule has 0 aliphatic carbocycles. The third kappa shape index (κ3) is 8.25. The van der Waals surface area contributed by atoms with Crippen molar-refractivity contribution in [3.63, 3.8) is 0 Å². The molecule has 3 aromatic carbocycles. The largest absolute Gasteiger partial charge is 0.573 e. The number of thiocarbonyl (C=S) groups is 1. The molecule has 0 atom stereocenters. The van der Waals surface area contributed by atoms with Gasteiger partial charge in [0, 0.05) is 12.1 Å². The molecule has 1 fully saturated rings. The van der Waals surface area contributed by atoms with Gasteiger partial charge in [-0.05, 0) is 84.6 Å². The molecule has 1 N–H and O–H groups in total. The van der Waals surface area contributed by atoms with Crippen LogP contribution in [0, 0.1) is 5.82 Å². The highest BCUT2D eigenvalue weighted by Crippen LogP contribution is 2.34. The van der Waals surface area contributed by atoms with Gasteiger partial charge in [0.2, 0.25) is 5.91 Å². The number of amides is 1. The molecule has 1 aliphatic heterocycles. The summed E-state index contributed by atoms with van der Waals surface area (Å²) < 4.78 is 56.5. The number of alkyl halides is 3. The van der Waals surface area contributed by atoms with Crippen LogP contribution in [0.25, 0.3) is 17.1 Å². The van der Waals surface area contributed by atoms with Crippen molar-refractivity contribution < 1.29 is 27.1 Å². The molecule has 2 heterocycles. The van der Waals surface area contributed by atoms with Crippen LogP contribution in [0.4, 0.5) is 23.2 Å². The lowest BCUT2D eigenvalue weighted by Gasteiger charge is -2.21. The van der Waals surface area contributed by atoms with Crippen molar-refractivity contribution in [3.8, 4) is 22.8 Å². The highest BCUT2D eigenvalue weighted by molar-refractivity contribution is 8.15. The Morgan fingerprint density at radius 3 is 2.53 bits per heavy atom. The van der Waals surface area contributed by atoms with Crippen molar-refractivity contribution in [1.82, 2.24) is 20.1 Å². The van der Waals surface area contributed by atoms with Crippen LogP contribution >= 0.6 is 24.0 Å². The van der Waals surface area contributed by atoms with Gasteiger partial charge < -0.3 is 10.1 Å². The third-order valence-electron chi connectivity index (χ3n) is 6.77. The summed E-state index contributed by atoms with van der Waals surface area (Å²) in [4.78, 5) is 23.0. The van der Waals surface area contributed by atoms with E-state index in [1.807, 2.05) is 38.1 Å². The van der Waals surface area contributed by atoms with E-state index in [1.54, 1.807) is 6.07 Å². The molecule has 0 bridgehead atoms. The molecule has 14 heteroatoms. The number of aryl methyl sites for hydroxylation is 1. The molecule has 0 saturated carbocycles. The second-order valence-electron chi connectivity index (χ2n) is 10.4. The lowest BCUT2D eigenvalue weighted by Crippen LogP contribution is -2.32. The highest BCUT2D eigenvalue weighted by Gasteiger charge is 2.32. The minimum Gasteiger partial charge on any atom is -0.406 e. The van der Waals surface area contributed by atoms with Crippen molar-refractivity contribution in [2.45, 2.75) is 39.0 Å². The minimum atomic E-state index is -4.75. The monoisotopic (exact) mass is 656 g/mol. The fourth-order valence-corrected chi connectivity index (χ4v) is 5.74. The number of nitrogens with zero attached hydrogens (tertiary/aromatic N) is 5. The van der Waals surface area contributed by atoms with Gasteiger partial charge in [-0.1, -0.05) is 49.9 Å². The fourth-order valence-electron chi connectivity index (χ4n) is 4.63. The maximum Gasteiger partial charge on any atom is 0.573 e. The predicted molar refractivity (Wildman–Crippen MR) is 170 cm³/mol.